The molecule has 1 aliphatic carbocycles. The summed E-state index contributed by atoms with van der Waals surface area (Å²) in [5.74, 6) is -0.109. The first kappa shape index (κ1) is 46.4. The van der Waals surface area contributed by atoms with Crippen LogP contribution in [0.3, 0.4) is 0 Å². The number of para-hydroxylation sites is 1. The Morgan fingerprint density at radius 1 is 0.857 bits per heavy atom. The van der Waals surface area contributed by atoms with Gasteiger partial charge in [0.05, 0.1) is 30.7 Å². The lowest BCUT2D eigenvalue weighted by Gasteiger charge is -2.30. The number of nitrogens with zero attached hydrogens (tertiary/aromatic N) is 2. The second-order valence-electron chi connectivity index (χ2n) is 19.5. The Labute approximate surface area is 377 Å². The van der Waals surface area contributed by atoms with Gasteiger partial charge in [0.25, 0.3) is 0 Å². The Hall–Kier alpha value is -4.60. The van der Waals surface area contributed by atoms with E-state index in [2.05, 4.69) is 155 Å². The molecule has 8 heteroatoms. The number of methoxy groups -OCH3 is 2. The van der Waals surface area contributed by atoms with Crippen LogP contribution in [0.2, 0.25) is 0 Å². The summed E-state index contributed by atoms with van der Waals surface area (Å²) < 4.78 is 30.9. The van der Waals surface area contributed by atoms with Crippen LogP contribution in [0.5, 0.6) is 0 Å². The van der Waals surface area contributed by atoms with Crippen LogP contribution < -0.4 is 4.90 Å². The highest BCUT2D eigenvalue weighted by Gasteiger charge is 2.50. The van der Waals surface area contributed by atoms with E-state index in [9.17, 15) is 4.79 Å². The van der Waals surface area contributed by atoms with Crippen LogP contribution in [0.15, 0.2) is 109 Å². The molecule has 63 heavy (non-hydrogen) atoms. The van der Waals surface area contributed by atoms with Gasteiger partial charge in [-0.3, -0.25) is 4.79 Å². The van der Waals surface area contributed by atoms with Gasteiger partial charge in [-0.2, -0.15) is 4.58 Å². The number of hydrogen-bond donors (Lipinski definition) is 0. The second kappa shape index (κ2) is 19.2. The Balaban J connectivity index is 1.22. The fraction of sp³-hybridized carbons (Fsp3) is 0.491. The van der Waals surface area contributed by atoms with Gasteiger partial charge in [-0.25, -0.2) is 0 Å². The molecule has 0 bridgehead atoms. The number of anilines is 1. The van der Waals surface area contributed by atoms with E-state index in [0.717, 1.165) is 45.2 Å². The van der Waals surface area contributed by atoms with Crippen LogP contribution in [0.1, 0.15) is 116 Å². The smallest absolute Gasteiger partial charge is 0.305 e. The van der Waals surface area contributed by atoms with Crippen LogP contribution >= 0.6 is 0 Å². The van der Waals surface area contributed by atoms with Gasteiger partial charge in [0.15, 0.2) is 24.8 Å². The normalized spacial score (nSPS) is 20.9. The Kier molecular flexibility index (Phi) is 14.2. The highest BCUT2D eigenvalue weighted by atomic mass is 16.7. The van der Waals surface area contributed by atoms with Crippen LogP contribution in [0.25, 0.3) is 11.1 Å². The predicted octanol–water partition coefficient (Wildman–Crippen LogP) is 11.6. The summed E-state index contributed by atoms with van der Waals surface area (Å²) in [7, 11) is 3.31. The molecule has 336 valence electrons. The maximum absolute atomic E-state index is 12.1. The van der Waals surface area contributed by atoms with Crippen LogP contribution in [0.4, 0.5) is 11.4 Å². The molecule has 0 amide bonds. The minimum absolute atomic E-state index is 0.101. The number of carbonyl (C=O) groups excluding carboxylic acids is 1. The number of benzene rings is 3. The molecular weight excluding hydrogens is 785 g/mol. The molecule has 0 N–H and O–H groups in total. The number of allylic oxidation sites excluding steroid dienone is 6. The van der Waals surface area contributed by atoms with E-state index < -0.39 is 0 Å². The molecule has 3 aliphatic heterocycles. The van der Waals surface area contributed by atoms with Gasteiger partial charge in [0.2, 0.25) is 5.69 Å². The molecule has 0 radical (unpaired) electrons. The molecule has 0 aromatic heterocycles. The van der Waals surface area contributed by atoms with Crippen molar-refractivity contribution in [2.45, 2.75) is 123 Å². The van der Waals surface area contributed by atoms with Gasteiger partial charge in [0.1, 0.15) is 0 Å². The molecule has 7 rings (SSSR count). The van der Waals surface area contributed by atoms with E-state index in [-0.39, 0.29) is 40.2 Å². The summed E-state index contributed by atoms with van der Waals surface area (Å²) in [5.41, 5.74) is 12.4. The first-order valence-corrected chi connectivity index (χ1v) is 23.2. The van der Waals surface area contributed by atoms with Crippen molar-refractivity contribution in [1.29, 1.82) is 0 Å². The Bertz CT molecular complexity index is 2280. The standard InChI is InChI=1S/C55H71N2O6/c1-11-61-49(58)30-16-13-22-32-55(8)42-26-19-20-27-45(42)56(33-23-21-31-50(59-9)60-10)48(55)29-15-12-14-28-47-54(6,7)44-36-40-39-24-17-18-25-41(39)53(4,5)43(40)37-46(44)57(47)38-52(2,3)51-62-34-35-63-51/h12,14-15,17-21,24-29,31,36-37,50-51H,11,13,16,22-23,30,32-35,38H2,1-10H3/q+1/b31-21+. The van der Waals surface area contributed by atoms with E-state index in [0.29, 0.717) is 26.2 Å². The zero-order valence-corrected chi connectivity index (χ0v) is 39.6. The topological polar surface area (TPSA) is 69.5 Å². The van der Waals surface area contributed by atoms with Crippen LogP contribution in [-0.2, 0) is 44.7 Å². The first-order valence-electron chi connectivity index (χ1n) is 23.2. The summed E-state index contributed by atoms with van der Waals surface area (Å²) >= 11 is 0. The lowest BCUT2D eigenvalue weighted by molar-refractivity contribution is -0.463. The molecule has 0 spiro atoms. The van der Waals surface area contributed by atoms with E-state index >= 15 is 0 Å². The van der Waals surface area contributed by atoms with Gasteiger partial charge in [0, 0.05) is 67.1 Å². The summed E-state index contributed by atoms with van der Waals surface area (Å²) in [6, 6.07) is 22.7. The van der Waals surface area contributed by atoms with Crippen molar-refractivity contribution in [2.75, 3.05) is 52.0 Å². The van der Waals surface area contributed by atoms with Crippen molar-refractivity contribution in [3.05, 3.63) is 131 Å². The summed E-state index contributed by atoms with van der Waals surface area (Å²) in [6.07, 6.45) is 19.8. The van der Waals surface area contributed by atoms with Crippen molar-refractivity contribution >= 4 is 23.1 Å². The quantitative estimate of drug-likeness (QED) is 0.0297. The summed E-state index contributed by atoms with van der Waals surface area (Å²) in [5, 5.41) is 0. The number of esters is 1. The number of fused-ring (bicyclic) bond motifs is 5. The van der Waals surface area contributed by atoms with Crippen molar-refractivity contribution in [3.8, 4) is 11.1 Å². The number of carbonyl (C=O) groups is 1. The third-order valence-electron chi connectivity index (χ3n) is 13.9. The molecule has 1 fully saturated rings. The minimum Gasteiger partial charge on any atom is -0.466 e. The summed E-state index contributed by atoms with van der Waals surface area (Å²) in [6.45, 7) is 21.5. The van der Waals surface area contributed by atoms with Crippen LogP contribution in [-0.4, -0.2) is 76.0 Å². The fourth-order valence-electron chi connectivity index (χ4n) is 10.5. The minimum atomic E-state index is -0.369. The van der Waals surface area contributed by atoms with Crippen molar-refractivity contribution < 1.29 is 33.1 Å². The molecule has 1 atom stereocenters. The van der Waals surface area contributed by atoms with Gasteiger partial charge in [-0.15, -0.1) is 0 Å². The van der Waals surface area contributed by atoms with Crippen LogP contribution in [0, 0.1) is 5.41 Å². The molecule has 3 heterocycles. The zero-order valence-electron chi connectivity index (χ0n) is 39.6. The number of ether oxygens (including phenoxy) is 5. The van der Waals surface area contributed by atoms with Crippen molar-refractivity contribution in [2.24, 2.45) is 5.41 Å². The van der Waals surface area contributed by atoms with E-state index in [1.807, 2.05) is 13.0 Å². The third-order valence-corrected chi connectivity index (χ3v) is 13.9. The number of unbranched alkanes of at least 4 members (excludes halogenated alkanes) is 2. The maximum Gasteiger partial charge on any atom is 0.305 e. The highest BCUT2D eigenvalue weighted by Crippen LogP contribution is 2.54. The maximum atomic E-state index is 12.1. The molecule has 8 nitrogen and oxygen atoms in total. The van der Waals surface area contributed by atoms with Gasteiger partial charge in [-0.1, -0.05) is 93.5 Å². The largest absolute Gasteiger partial charge is 0.466 e. The van der Waals surface area contributed by atoms with E-state index in [1.165, 1.54) is 56.2 Å². The average molecular weight is 856 g/mol. The zero-order chi connectivity index (χ0) is 45.0. The van der Waals surface area contributed by atoms with Gasteiger partial charge < -0.3 is 28.6 Å². The van der Waals surface area contributed by atoms with Gasteiger partial charge >= 0.3 is 5.97 Å². The Morgan fingerprint density at radius 2 is 1.57 bits per heavy atom. The molecule has 0 saturated carbocycles. The molecule has 1 saturated heterocycles. The lowest BCUT2D eigenvalue weighted by Crippen LogP contribution is -2.39. The van der Waals surface area contributed by atoms with E-state index in [1.54, 1.807) is 14.2 Å². The third kappa shape index (κ3) is 9.20. The first-order chi connectivity index (χ1) is 30.2. The van der Waals surface area contributed by atoms with Crippen molar-refractivity contribution in [3.63, 3.8) is 0 Å². The highest BCUT2D eigenvalue weighted by molar-refractivity contribution is 6.04. The molecule has 3 aromatic carbocycles. The molecular formula is C55H71N2O6+. The molecule has 4 aliphatic rings. The van der Waals surface area contributed by atoms with E-state index in [4.69, 9.17) is 23.7 Å². The Morgan fingerprint density at radius 3 is 2.30 bits per heavy atom. The number of hydrogen-bond acceptors (Lipinski definition) is 7. The SMILES string of the molecule is CCOC(=O)CCCCCC1(C)\C(=C/C=C/C=C/C2=[N+](CC(C)(C)C3OCCO3)c3cc4c(cc3C2(C)C)-c2ccccc2C4(C)C)N(CC/C=C/C(OC)OC)c2ccccc21. The molecule has 1 unspecified atom stereocenters. The fourth-order valence-corrected chi connectivity index (χ4v) is 10.5. The van der Waals surface area contributed by atoms with Gasteiger partial charge in [-0.05, 0) is 113 Å². The molecule has 3 aromatic rings. The lowest BCUT2D eigenvalue weighted by atomic mass is 9.77. The second-order valence-corrected chi connectivity index (χ2v) is 19.5. The predicted molar refractivity (Wildman–Crippen MR) is 255 cm³/mol. The monoisotopic (exact) mass is 856 g/mol. The van der Waals surface area contributed by atoms with Crippen molar-refractivity contribution in [1.82, 2.24) is 0 Å². The average Bonchev–Trinajstić information content (AvgIpc) is 3.99. The number of rotatable bonds is 19. The summed E-state index contributed by atoms with van der Waals surface area (Å²) in [4.78, 5) is 14.6.